The maximum atomic E-state index is 14.1. The summed E-state index contributed by atoms with van der Waals surface area (Å²) < 4.78 is 61.9. The Bertz CT molecular complexity index is 1060. The Labute approximate surface area is 156 Å². The second-order valence-corrected chi connectivity index (χ2v) is 7.56. The molecule has 0 N–H and O–H groups in total. The number of aromatic nitrogens is 2. The van der Waals surface area contributed by atoms with Crippen LogP contribution in [0.4, 0.5) is 17.6 Å². The van der Waals surface area contributed by atoms with Crippen molar-refractivity contribution in [2.75, 3.05) is 0 Å². The topological polar surface area (TPSA) is 44.1 Å². The summed E-state index contributed by atoms with van der Waals surface area (Å²) in [6.07, 6.45) is -0.125. The number of benzene rings is 1. The smallest absolute Gasteiger partial charge is 0.273 e. The van der Waals surface area contributed by atoms with Crippen LogP contribution in [0.2, 0.25) is 0 Å². The molecule has 0 saturated carbocycles. The zero-order valence-corrected chi connectivity index (χ0v) is 15.8. The van der Waals surface area contributed by atoms with Gasteiger partial charge >= 0.3 is 0 Å². The standard InChI is InChI=1S/C18H16F4N2O2S/c1-7(2)10-5-9(26-8(3)4)6-11-12(10)18(25)24(27-11)15-13(19)16(21)23-17(22)14(15)20/h5-8H,1-4H3. The highest BCUT2D eigenvalue weighted by Crippen LogP contribution is 2.33. The molecular weight excluding hydrogens is 384 g/mol. The lowest BCUT2D eigenvalue weighted by atomic mass is 9.99. The number of nitrogens with zero attached hydrogens (tertiary/aromatic N) is 2. The number of pyridine rings is 1. The van der Waals surface area contributed by atoms with E-state index in [0.717, 1.165) is 0 Å². The molecule has 3 aromatic rings. The largest absolute Gasteiger partial charge is 0.491 e. The molecule has 144 valence electrons. The van der Waals surface area contributed by atoms with Crippen LogP contribution in [0.15, 0.2) is 16.9 Å². The van der Waals surface area contributed by atoms with Gasteiger partial charge in [-0.2, -0.15) is 22.5 Å². The molecule has 4 nitrogen and oxygen atoms in total. The van der Waals surface area contributed by atoms with Crippen molar-refractivity contribution < 1.29 is 22.3 Å². The van der Waals surface area contributed by atoms with Crippen LogP contribution in [-0.2, 0) is 0 Å². The zero-order valence-electron chi connectivity index (χ0n) is 14.9. The molecule has 2 heterocycles. The fourth-order valence-electron chi connectivity index (χ4n) is 2.75. The van der Waals surface area contributed by atoms with E-state index in [0.29, 0.717) is 31.5 Å². The van der Waals surface area contributed by atoms with Gasteiger partial charge in [-0.1, -0.05) is 25.4 Å². The lowest BCUT2D eigenvalue weighted by Gasteiger charge is -2.13. The number of hydrogen-bond donors (Lipinski definition) is 0. The Morgan fingerprint density at radius 1 is 1.04 bits per heavy atom. The van der Waals surface area contributed by atoms with Gasteiger partial charge in [0.2, 0.25) is 11.6 Å². The number of ether oxygens (including phenoxy) is 1. The fourth-order valence-corrected chi connectivity index (χ4v) is 3.84. The lowest BCUT2D eigenvalue weighted by molar-refractivity contribution is 0.242. The first-order valence-electron chi connectivity index (χ1n) is 8.18. The summed E-state index contributed by atoms with van der Waals surface area (Å²) in [7, 11) is 0. The molecule has 0 spiro atoms. The van der Waals surface area contributed by atoms with E-state index >= 15 is 0 Å². The van der Waals surface area contributed by atoms with Gasteiger partial charge < -0.3 is 4.74 Å². The van der Waals surface area contributed by atoms with Crippen molar-refractivity contribution in [1.29, 1.82) is 0 Å². The van der Waals surface area contributed by atoms with E-state index in [-0.39, 0.29) is 17.4 Å². The monoisotopic (exact) mass is 400 g/mol. The minimum atomic E-state index is -1.82. The number of hydrogen-bond acceptors (Lipinski definition) is 4. The molecule has 0 fully saturated rings. The average Bonchev–Trinajstić information content (AvgIpc) is 2.88. The summed E-state index contributed by atoms with van der Waals surface area (Å²) in [5.41, 5.74) is -1.27. The van der Waals surface area contributed by atoms with Crippen LogP contribution < -0.4 is 10.3 Å². The van der Waals surface area contributed by atoms with Gasteiger partial charge in [0.25, 0.3) is 17.5 Å². The second kappa shape index (κ2) is 6.95. The van der Waals surface area contributed by atoms with Crippen molar-refractivity contribution in [2.24, 2.45) is 0 Å². The maximum absolute atomic E-state index is 14.1. The summed E-state index contributed by atoms with van der Waals surface area (Å²) in [5.74, 6) is -6.70. The zero-order chi connectivity index (χ0) is 20.0. The second-order valence-electron chi connectivity index (χ2n) is 6.57. The first-order valence-corrected chi connectivity index (χ1v) is 8.96. The molecule has 1 aromatic carbocycles. The molecule has 0 aliphatic heterocycles. The van der Waals surface area contributed by atoms with Crippen molar-refractivity contribution in [3.63, 3.8) is 0 Å². The SMILES string of the molecule is CC(C)Oc1cc(C(C)C)c2c(=O)n(-c3c(F)c(F)nc(F)c3F)sc2c1. The van der Waals surface area contributed by atoms with Gasteiger partial charge in [-0.15, -0.1) is 0 Å². The molecule has 0 aliphatic carbocycles. The summed E-state index contributed by atoms with van der Waals surface area (Å²) >= 11 is 0.679. The third kappa shape index (κ3) is 3.31. The quantitative estimate of drug-likeness (QED) is 0.462. The highest BCUT2D eigenvalue weighted by Gasteiger charge is 2.26. The van der Waals surface area contributed by atoms with Crippen LogP contribution >= 0.6 is 11.5 Å². The van der Waals surface area contributed by atoms with Crippen LogP contribution in [0.5, 0.6) is 5.75 Å². The average molecular weight is 400 g/mol. The highest BCUT2D eigenvalue weighted by atomic mass is 32.1. The molecule has 2 aromatic heterocycles. The third-order valence-electron chi connectivity index (χ3n) is 3.87. The van der Waals surface area contributed by atoms with Gasteiger partial charge in [0.15, 0.2) is 0 Å². The summed E-state index contributed by atoms with van der Waals surface area (Å²) in [4.78, 5) is 15.4. The Hall–Kier alpha value is -2.42. The van der Waals surface area contributed by atoms with Crippen molar-refractivity contribution in [3.8, 4) is 11.4 Å². The van der Waals surface area contributed by atoms with E-state index in [1.807, 2.05) is 27.7 Å². The van der Waals surface area contributed by atoms with Gasteiger partial charge in [-0.25, -0.2) is 3.96 Å². The van der Waals surface area contributed by atoms with Crippen LogP contribution in [0.25, 0.3) is 15.8 Å². The highest BCUT2D eigenvalue weighted by molar-refractivity contribution is 7.14. The molecule has 9 heteroatoms. The molecule has 0 saturated heterocycles. The molecule has 0 aliphatic rings. The summed E-state index contributed by atoms with van der Waals surface area (Å²) in [6.45, 7) is 7.37. The minimum Gasteiger partial charge on any atom is -0.491 e. The maximum Gasteiger partial charge on any atom is 0.273 e. The number of halogens is 4. The normalized spacial score (nSPS) is 11.8. The van der Waals surface area contributed by atoms with Crippen LogP contribution in [0.1, 0.15) is 39.2 Å². The fraction of sp³-hybridized carbons (Fsp3) is 0.333. The van der Waals surface area contributed by atoms with Crippen molar-refractivity contribution in [3.05, 3.63) is 51.6 Å². The van der Waals surface area contributed by atoms with E-state index in [1.54, 1.807) is 12.1 Å². The minimum absolute atomic E-state index is 0.0976. The van der Waals surface area contributed by atoms with E-state index in [9.17, 15) is 22.4 Å². The first kappa shape index (κ1) is 19.3. The third-order valence-corrected chi connectivity index (χ3v) is 4.92. The van der Waals surface area contributed by atoms with Crippen LogP contribution in [0.3, 0.4) is 0 Å². The van der Waals surface area contributed by atoms with E-state index in [2.05, 4.69) is 4.98 Å². The van der Waals surface area contributed by atoms with Crippen molar-refractivity contribution >= 4 is 21.6 Å². The van der Waals surface area contributed by atoms with E-state index in [4.69, 9.17) is 4.74 Å². The molecule has 0 radical (unpaired) electrons. The Morgan fingerprint density at radius 3 is 2.15 bits per heavy atom. The molecule has 0 atom stereocenters. The van der Waals surface area contributed by atoms with Crippen LogP contribution in [0, 0.1) is 23.5 Å². The Balaban J connectivity index is 2.37. The molecule has 3 rings (SSSR count). The number of fused-ring (bicyclic) bond motifs is 1. The van der Waals surface area contributed by atoms with Crippen molar-refractivity contribution in [1.82, 2.24) is 8.94 Å². The van der Waals surface area contributed by atoms with Gasteiger partial charge in [-0.3, -0.25) is 4.79 Å². The molecule has 0 bridgehead atoms. The van der Waals surface area contributed by atoms with Crippen LogP contribution in [-0.4, -0.2) is 15.0 Å². The lowest BCUT2D eigenvalue weighted by Crippen LogP contribution is -2.17. The predicted octanol–water partition coefficient (Wildman–Crippen LogP) is 4.91. The Kier molecular flexibility index (Phi) is 4.98. The van der Waals surface area contributed by atoms with Crippen molar-refractivity contribution in [2.45, 2.75) is 39.7 Å². The molecule has 27 heavy (non-hydrogen) atoms. The molecular formula is C18H16F4N2O2S. The predicted molar refractivity (Wildman–Crippen MR) is 94.9 cm³/mol. The van der Waals surface area contributed by atoms with Gasteiger partial charge in [-0.05, 0) is 37.5 Å². The first-order chi connectivity index (χ1) is 12.6. The molecule has 0 unspecified atom stereocenters. The summed E-state index contributed by atoms with van der Waals surface area (Å²) in [5, 5.41) is 0.225. The van der Waals surface area contributed by atoms with Gasteiger partial charge in [0.1, 0.15) is 11.4 Å². The van der Waals surface area contributed by atoms with E-state index in [1.165, 1.54) is 0 Å². The number of rotatable bonds is 4. The Morgan fingerprint density at radius 2 is 1.63 bits per heavy atom. The van der Waals surface area contributed by atoms with Gasteiger partial charge in [0.05, 0.1) is 16.2 Å². The van der Waals surface area contributed by atoms with E-state index < -0.39 is 34.8 Å². The molecule has 0 amide bonds. The summed E-state index contributed by atoms with van der Waals surface area (Å²) in [6, 6.07) is 3.25. The van der Waals surface area contributed by atoms with Gasteiger partial charge in [0, 0.05) is 0 Å².